The third-order valence-corrected chi connectivity index (χ3v) is 3.96. The van der Waals surface area contributed by atoms with Crippen LogP contribution in [0.3, 0.4) is 0 Å². The number of aliphatic hydroxyl groups is 1. The van der Waals surface area contributed by atoms with Crippen molar-refractivity contribution in [1.29, 1.82) is 0 Å². The Hall–Kier alpha value is -1.80. The van der Waals surface area contributed by atoms with Crippen LogP contribution in [0.25, 0.3) is 0 Å². The zero-order valence-electron chi connectivity index (χ0n) is 10.9. The Bertz CT molecular complexity index is 602. The molecule has 0 saturated heterocycles. The molecule has 2 aromatic rings. The smallest absolute Gasteiger partial charge is 0.119 e. The van der Waals surface area contributed by atoms with Gasteiger partial charge in [-0.1, -0.05) is 30.3 Å². The number of aliphatic hydroxyl groups excluding tert-OH is 1. The van der Waals surface area contributed by atoms with E-state index in [2.05, 4.69) is 24.3 Å². The van der Waals surface area contributed by atoms with Gasteiger partial charge in [-0.2, -0.15) is 0 Å². The second kappa shape index (κ2) is 5.06. The average Bonchev–Trinajstić information content (AvgIpc) is 2.42. The minimum absolute atomic E-state index is 0.0900. The lowest BCUT2D eigenvalue weighted by Gasteiger charge is -2.14. The molecule has 6 rings (SSSR count). The van der Waals surface area contributed by atoms with E-state index in [0.29, 0.717) is 5.75 Å². The van der Waals surface area contributed by atoms with Crippen LogP contribution in [0.2, 0.25) is 0 Å². The quantitative estimate of drug-likeness (QED) is 0.821. The van der Waals surface area contributed by atoms with Gasteiger partial charge in [-0.3, -0.25) is 0 Å². The first-order chi connectivity index (χ1) is 9.26. The molecule has 0 aliphatic heterocycles. The Morgan fingerprint density at radius 2 is 1.42 bits per heavy atom. The van der Waals surface area contributed by atoms with Crippen molar-refractivity contribution >= 4 is 0 Å². The van der Waals surface area contributed by atoms with Crippen molar-refractivity contribution in [2.24, 2.45) is 0 Å². The molecular weight excluding hydrogens is 236 g/mol. The highest BCUT2D eigenvalue weighted by molar-refractivity contribution is 5.40. The lowest BCUT2D eigenvalue weighted by atomic mass is 9.93. The van der Waals surface area contributed by atoms with Gasteiger partial charge in [-0.15, -0.1) is 0 Å². The highest BCUT2D eigenvalue weighted by Crippen LogP contribution is 2.24. The van der Waals surface area contributed by atoms with Crippen molar-refractivity contribution < 1.29 is 10.2 Å². The molecule has 0 atom stereocenters. The van der Waals surface area contributed by atoms with Gasteiger partial charge in [-0.05, 0) is 59.6 Å². The fourth-order valence-corrected chi connectivity index (χ4v) is 2.76. The summed E-state index contributed by atoms with van der Waals surface area (Å²) in [4.78, 5) is 0. The Balaban J connectivity index is 2.03. The maximum atomic E-state index is 10.0. The third-order valence-electron chi connectivity index (χ3n) is 3.96. The summed E-state index contributed by atoms with van der Waals surface area (Å²) < 4.78 is 0. The second-order valence-corrected chi connectivity index (χ2v) is 5.22. The van der Waals surface area contributed by atoms with Gasteiger partial charge in [0, 0.05) is 0 Å². The number of aryl methyl sites for hydroxylation is 4. The van der Waals surface area contributed by atoms with Crippen molar-refractivity contribution in [2.75, 3.05) is 0 Å². The van der Waals surface area contributed by atoms with Crippen LogP contribution in [0, 0.1) is 0 Å². The van der Waals surface area contributed by atoms with Gasteiger partial charge in [0.1, 0.15) is 5.75 Å². The molecule has 0 unspecified atom stereocenters. The van der Waals surface area contributed by atoms with Crippen LogP contribution in [-0.4, -0.2) is 10.2 Å². The lowest BCUT2D eigenvalue weighted by molar-refractivity contribution is 0.280. The van der Waals surface area contributed by atoms with E-state index in [1.54, 1.807) is 0 Å². The van der Waals surface area contributed by atoms with Crippen LogP contribution in [0.4, 0.5) is 0 Å². The molecule has 0 radical (unpaired) electrons. The predicted octanol–water partition coefficient (Wildman–Crippen LogP) is 2.77. The maximum Gasteiger partial charge on any atom is 0.119 e. The van der Waals surface area contributed by atoms with Crippen molar-refractivity contribution in [3.05, 3.63) is 64.2 Å². The molecule has 2 aromatic carbocycles. The molecule has 0 saturated carbocycles. The fraction of sp³-hybridized carbons (Fsp3) is 0.294. The predicted molar refractivity (Wildman–Crippen MR) is 75.3 cm³/mol. The first kappa shape index (κ1) is 12.2. The Morgan fingerprint density at radius 1 is 0.789 bits per heavy atom. The number of hydrogen-bond acceptors (Lipinski definition) is 2. The normalized spacial score (nSPS) is 14.2. The van der Waals surface area contributed by atoms with Gasteiger partial charge in [0.2, 0.25) is 0 Å². The summed E-state index contributed by atoms with van der Waals surface area (Å²) in [6, 6.07) is 12.4. The van der Waals surface area contributed by atoms with Crippen molar-refractivity contribution in [3.63, 3.8) is 0 Å². The molecule has 4 aliphatic rings. The largest absolute Gasteiger partial charge is 0.508 e. The van der Waals surface area contributed by atoms with Crippen LogP contribution >= 0.6 is 0 Å². The van der Waals surface area contributed by atoms with Crippen LogP contribution in [0.15, 0.2) is 36.4 Å². The second-order valence-electron chi connectivity index (χ2n) is 5.22. The van der Waals surface area contributed by atoms with E-state index >= 15 is 0 Å². The van der Waals surface area contributed by atoms with Crippen molar-refractivity contribution in [1.82, 2.24) is 0 Å². The fourth-order valence-electron chi connectivity index (χ4n) is 2.76. The summed E-state index contributed by atoms with van der Waals surface area (Å²) in [5.74, 6) is 0.401. The molecular formula is C17H18O2. The van der Waals surface area contributed by atoms with Gasteiger partial charge in [0.25, 0.3) is 0 Å². The summed E-state index contributed by atoms with van der Waals surface area (Å²) in [6.45, 7) is 0.0900. The number of aromatic hydroxyl groups is 1. The van der Waals surface area contributed by atoms with Gasteiger partial charge < -0.3 is 10.2 Å². The van der Waals surface area contributed by atoms with E-state index in [0.717, 1.165) is 42.4 Å². The molecule has 98 valence electrons. The summed E-state index contributed by atoms with van der Waals surface area (Å²) in [5.41, 5.74) is 5.59. The van der Waals surface area contributed by atoms with Crippen LogP contribution in [0.5, 0.6) is 5.75 Å². The van der Waals surface area contributed by atoms with Crippen LogP contribution < -0.4 is 0 Å². The standard InChI is InChI=1S/C17H18O2/c18-11-16-9-12-1-2-13-4-6-15(17(19)10-13)8-7-14(16)5-3-12/h3-6,9-10,18-19H,1-2,7-8,11H2. The van der Waals surface area contributed by atoms with Crippen molar-refractivity contribution in [2.45, 2.75) is 32.3 Å². The SMILES string of the molecule is OCc1cc2ccc1CCc1ccc(cc1O)CC2. The zero-order chi connectivity index (χ0) is 13.2. The topological polar surface area (TPSA) is 40.5 Å². The minimum Gasteiger partial charge on any atom is -0.508 e. The number of phenols is 1. The number of phenolic OH excluding ortho intramolecular Hbond substituents is 1. The summed E-state index contributed by atoms with van der Waals surface area (Å²) >= 11 is 0. The molecule has 0 fully saturated rings. The van der Waals surface area contributed by atoms with Crippen LogP contribution in [0.1, 0.15) is 27.8 Å². The first-order valence-corrected chi connectivity index (χ1v) is 6.78. The molecule has 2 nitrogen and oxygen atoms in total. The summed E-state index contributed by atoms with van der Waals surface area (Å²) in [7, 11) is 0. The summed E-state index contributed by atoms with van der Waals surface area (Å²) in [6.07, 6.45) is 3.51. The number of rotatable bonds is 1. The average molecular weight is 254 g/mol. The van der Waals surface area contributed by atoms with Gasteiger partial charge in [0.15, 0.2) is 0 Å². The molecule has 0 amide bonds. The molecule has 19 heavy (non-hydrogen) atoms. The first-order valence-electron chi connectivity index (χ1n) is 6.78. The van der Waals surface area contributed by atoms with Gasteiger partial charge in [0.05, 0.1) is 6.61 Å². The molecule has 0 spiro atoms. The van der Waals surface area contributed by atoms with E-state index in [1.807, 2.05) is 12.1 Å². The van der Waals surface area contributed by atoms with Crippen molar-refractivity contribution in [3.8, 4) is 5.75 Å². The molecule has 0 aromatic heterocycles. The van der Waals surface area contributed by atoms with E-state index in [4.69, 9.17) is 0 Å². The monoisotopic (exact) mass is 254 g/mol. The number of benzene rings is 2. The van der Waals surface area contributed by atoms with E-state index in [1.165, 1.54) is 11.1 Å². The minimum atomic E-state index is 0.0900. The van der Waals surface area contributed by atoms with Gasteiger partial charge >= 0.3 is 0 Å². The molecule has 2 heteroatoms. The third kappa shape index (κ3) is 2.49. The summed E-state index contributed by atoms with van der Waals surface area (Å²) in [5, 5.41) is 19.5. The molecule has 4 aliphatic carbocycles. The highest BCUT2D eigenvalue weighted by atomic mass is 16.3. The molecule has 0 heterocycles. The molecule has 4 bridgehead atoms. The lowest BCUT2D eigenvalue weighted by Crippen LogP contribution is -2.02. The Morgan fingerprint density at radius 3 is 2.11 bits per heavy atom. The zero-order valence-corrected chi connectivity index (χ0v) is 10.9. The van der Waals surface area contributed by atoms with Gasteiger partial charge in [-0.25, -0.2) is 0 Å². The van der Waals surface area contributed by atoms with E-state index < -0.39 is 0 Å². The Labute approximate surface area is 113 Å². The maximum absolute atomic E-state index is 10.0. The highest BCUT2D eigenvalue weighted by Gasteiger charge is 2.09. The molecule has 2 N–H and O–H groups in total. The van der Waals surface area contributed by atoms with E-state index in [9.17, 15) is 10.2 Å². The number of hydrogen-bond donors (Lipinski definition) is 2. The van der Waals surface area contributed by atoms with Crippen LogP contribution in [-0.2, 0) is 32.3 Å². The Kier molecular flexibility index (Phi) is 3.26. The van der Waals surface area contributed by atoms with E-state index in [-0.39, 0.29) is 6.61 Å².